The summed E-state index contributed by atoms with van der Waals surface area (Å²) in [6.07, 6.45) is 3.04. The van der Waals surface area contributed by atoms with E-state index < -0.39 is 18.0 Å². The summed E-state index contributed by atoms with van der Waals surface area (Å²) in [7, 11) is 0. The van der Waals surface area contributed by atoms with Gasteiger partial charge < -0.3 is 15.7 Å². The quantitative estimate of drug-likeness (QED) is 0.627. The van der Waals surface area contributed by atoms with E-state index in [0.29, 0.717) is 0 Å². The van der Waals surface area contributed by atoms with Gasteiger partial charge in [-0.25, -0.2) is 4.79 Å². The van der Waals surface area contributed by atoms with Crippen LogP contribution < -0.4 is 10.6 Å². The third-order valence-electron chi connectivity index (χ3n) is 2.09. The van der Waals surface area contributed by atoms with Crippen LogP contribution in [-0.2, 0) is 4.79 Å². The SMILES string of the molecule is CCCCC(C)NC(=O)NC(C)C(=O)O. The van der Waals surface area contributed by atoms with E-state index in [1.165, 1.54) is 6.92 Å². The van der Waals surface area contributed by atoms with Gasteiger partial charge in [0.05, 0.1) is 0 Å². The van der Waals surface area contributed by atoms with Crippen LogP contribution in [0, 0.1) is 0 Å². The lowest BCUT2D eigenvalue weighted by atomic mass is 10.1. The Labute approximate surface area is 90.2 Å². The van der Waals surface area contributed by atoms with Crippen molar-refractivity contribution in [3.63, 3.8) is 0 Å². The van der Waals surface area contributed by atoms with Gasteiger partial charge >= 0.3 is 12.0 Å². The number of rotatable bonds is 6. The van der Waals surface area contributed by atoms with Crippen molar-refractivity contribution in [3.05, 3.63) is 0 Å². The molecule has 0 rings (SSSR count). The first kappa shape index (κ1) is 13.7. The number of nitrogens with one attached hydrogen (secondary N) is 2. The Hall–Kier alpha value is -1.26. The van der Waals surface area contributed by atoms with Crippen molar-refractivity contribution in [2.75, 3.05) is 0 Å². The number of urea groups is 1. The Morgan fingerprint density at radius 1 is 1.27 bits per heavy atom. The molecule has 2 amide bonds. The molecule has 5 nitrogen and oxygen atoms in total. The third kappa shape index (κ3) is 6.76. The van der Waals surface area contributed by atoms with Gasteiger partial charge in [0.15, 0.2) is 0 Å². The number of amides is 2. The predicted octanol–water partition coefficient (Wildman–Crippen LogP) is 1.34. The number of carbonyl (C=O) groups is 2. The highest BCUT2D eigenvalue weighted by Crippen LogP contribution is 1.99. The van der Waals surface area contributed by atoms with E-state index in [-0.39, 0.29) is 6.04 Å². The van der Waals surface area contributed by atoms with Crippen LogP contribution >= 0.6 is 0 Å². The van der Waals surface area contributed by atoms with Gasteiger partial charge in [-0.15, -0.1) is 0 Å². The van der Waals surface area contributed by atoms with E-state index in [9.17, 15) is 9.59 Å². The normalized spacial score (nSPS) is 14.1. The molecule has 3 N–H and O–H groups in total. The lowest BCUT2D eigenvalue weighted by Crippen LogP contribution is -2.47. The first-order chi connectivity index (χ1) is 6.97. The Bertz CT molecular complexity index is 219. The van der Waals surface area contributed by atoms with Gasteiger partial charge in [-0.05, 0) is 20.3 Å². The van der Waals surface area contributed by atoms with Crippen molar-refractivity contribution >= 4 is 12.0 Å². The lowest BCUT2D eigenvalue weighted by molar-refractivity contribution is -0.138. The highest BCUT2D eigenvalue weighted by molar-refractivity contribution is 5.82. The van der Waals surface area contributed by atoms with Crippen LogP contribution in [-0.4, -0.2) is 29.2 Å². The van der Waals surface area contributed by atoms with E-state index in [0.717, 1.165) is 19.3 Å². The van der Waals surface area contributed by atoms with Gasteiger partial charge in [-0.1, -0.05) is 19.8 Å². The molecule has 0 saturated carbocycles. The molecule has 0 saturated heterocycles. The standard InChI is InChI=1S/C10H20N2O3/c1-4-5-6-7(2)11-10(15)12-8(3)9(13)14/h7-8H,4-6H2,1-3H3,(H,13,14)(H2,11,12,15). The predicted molar refractivity (Wildman–Crippen MR) is 57.8 cm³/mol. The zero-order chi connectivity index (χ0) is 11.8. The van der Waals surface area contributed by atoms with Crippen LogP contribution in [0.2, 0.25) is 0 Å². The molecule has 2 unspecified atom stereocenters. The molecule has 0 radical (unpaired) electrons. The Morgan fingerprint density at radius 3 is 2.33 bits per heavy atom. The average molecular weight is 216 g/mol. The Morgan fingerprint density at radius 2 is 1.87 bits per heavy atom. The minimum absolute atomic E-state index is 0.0749. The molecule has 5 heteroatoms. The molecule has 0 bridgehead atoms. The van der Waals surface area contributed by atoms with E-state index in [2.05, 4.69) is 17.6 Å². The molecule has 88 valence electrons. The molecule has 0 aromatic rings. The Kier molecular flexibility index (Phi) is 6.49. The second-order valence-corrected chi connectivity index (χ2v) is 3.72. The largest absolute Gasteiger partial charge is 0.480 e. The highest BCUT2D eigenvalue weighted by Gasteiger charge is 2.14. The summed E-state index contributed by atoms with van der Waals surface area (Å²) < 4.78 is 0. The van der Waals surface area contributed by atoms with Gasteiger partial charge in [0.2, 0.25) is 0 Å². The number of carboxylic acids is 1. The number of hydrogen-bond donors (Lipinski definition) is 3. The fourth-order valence-corrected chi connectivity index (χ4v) is 1.11. The molecule has 0 aliphatic rings. The number of unbranched alkanes of at least 4 members (excludes halogenated alkanes) is 1. The number of carbonyl (C=O) groups excluding carboxylic acids is 1. The number of aliphatic carboxylic acids is 1. The maximum Gasteiger partial charge on any atom is 0.325 e. The van der Waals surface area contributed by atoms with Gasteiger partial charge in [0.1, 0.15) is 6.04 Å². The van der Waals surface area contributed by atoms with Gasteiger partial charge in [-0.2, -0.15) is 0 Å². The molecule has 0 aliphatic heterocycles. The van der Waals surface area contributed by atoms with Crippen molar-refractivity contribution in [3.8, 4) is 0 Å². The first-order valence-electron chi connectivity index (χ1n) is 5.27. The molecule has 2 atom stereocenters. The summed E-state index contributed by atoms with van der Waals surface area (Å²) in [4.78, 5) is 21.7. The summed E-state index contributed by atoms with van der Waals surface area (Å²) in [6, 6.07) is -1.21. The van der Waals surface area contributed by atoms with Crippen molar-refractivity contribution in [1.82, 2.24) is 10.6 Å². The topological polar surface area (TPSA) is 78.4 Å². The lowest BCUT2D eigenvalue weighted by Gasteiger charge is -2.15. The van der Waals surface area contributed by atoms with Crippen LogP contribution in [0.3, 0.4) is 0 Å². The molecular weight excluding hydrogens is 196 g/mol. The van der Waals surface area contributed by atoms with Gasteiger partial charge in [0.25, 0.3) is 0 Å². The summed E-state index contributed by atoms with van der Waals surface area (Å²) in [5.41, 5.74) is 0. The minimum Gasteiger partial charge on any atom is -0.480 e. The van der Waals surface area contributed by atoms with Crippen molar-refractivity contribution in [1.29, 1.82) is 0 Å². The number of hydrogen-bond acceptors (Lipinski definition) is 2. The molecule has 0 aromatic carbocycles. The molecule has 0 heterocycles. The van der Waals surface area contributed by atoms with Crippen molar-refractivity contribution in [2.45, 2.75) is 52.1 Å². The molecule has 15 heavy (non-hydrogen) atoms. The van der Waals surface area contributed by atoms with E-state index in [4.69, 9.17) is 5.11 Å². The average Bonchev–Trinajstić information content (AvgIpc) is 2.14. The minimum atomic E-state index is -1.04. The molecule has 0 spiro atoms. The first-order valence-corrected chi connectivity index (χ1v) is 5.27. The van der Waals surface area contributed by atoms with Gasteiger partial charge in [0, 0.05) is 6.04 Å². The van der Waals surface area contributed by atoms with Gasteiger partial charge in [-0.3, -0.25) is 4.79 Å². The van der Waals surface area contributed by atoms with E-state index in [1.54, 1.807) is 0 Å². The zero-order valence-corrected chi connectivity index (χ0v) is 9.54. The summed E-state index contributed by atoms with van der Waals surface area (Å²) in [5.74, 6) is -1.04. The summed E-state index contributed by atoms with van der Waals surface area (Å²) >= 11 is 0. The van der Waals surface area contributed by atoms with Crippen molar-refractivity contribution in [2.24, 2.45) is 0 Å². The van der Waals surface area contributed by atoms with E-state index >= 15 is 0 Å². The highest BCUT2D eigenvalue weighted by atomic mass is 16.4. The van der Waals surface area contributed by atoms with Crippen LogP contribution in [0.1, 0.15) is 40.0 Å². The van der Waals surface area contributed by atoms with Crippen molar-refractivity contribution < 1.29 is 14.7 Å². The Balaban J connectivity index is 3.77. The molecule has 0 aliphatic carbocycles. The maximum absolute atomic E-state index is 11.2. The fraction of sp³-hybridized carbons (Fsp3) is 0.800. The third-order valence-corrected chi connectivity index (χ3v) is 2.09. The van der Waals surface area contributed by atoms with E-state index in [1.807, 2.05) is 6.92 Å². The zero-order valence-electron chi connectivity index (χ0n) is 9.54. The fourth-order valence-electron chi connectivity index (χ4n) is 1.11. The second kappa shape index (κ2) is 7.09. The molecule has 0 aromatic heterocycles. The summed E-state index contributed by atoms with van der Waals surface area (Å²) in [5, 5.41) is 13.6. The maximum atomic E-state index is 11.2. The van der Waals surface area contributed by atoms with Crippen LogP contribution in [0.4, 0.5) is 4.79 Å². The van der Waals surface area contributed by atoms with Crippen LogP contribution in [0.5, 0.6) is 0 Å². The molecular formula is C10H20N2O3. The second-order valence-electron chi connectivity index (χ2n) is 3.72. The molecule has 0 fully saturated rings. The van der Waals surface area contributed by atoms with Crippen LogP contribution in [0.15, 0.2) is 0 Å². The van der Waals surface area contributed by atoms with Crippen LogP contribution in [0.25, 0.3) is 0 Å². The monoisotopic (exact) mass is 216 g/mol. The smallest absolute Gasteiger partial charge is 0.325 e. The summed E-state index contributed by atoms with van der Waals surface area (Å²) in [6.45, 7) is 5.42. The number of carboxylic acid groups (broad SMARTS) is 1.